The van der Waals surface area contributed by atoms with Gasteiger partial charge in [0.2, 0.25) is 0 Å². The quantitative estimate of drug-likeness (QED) is 0.523. The molecule has 1 aliphatic heterocycles. The van der Waals surface area contributed by atoms with Crippen LogP contribution in [-0.2, 0) is 0 Å². The van der Waals surface area contributed by atoms with Crippen LogP contribution in [0.15, 0.2) is 0 Å². The molecule has 2 aliphatic rings. The number of hydrogen-bond acceptors (Lipinski definition) is 1. The van der Waals surface area contributed by atoms with Gasteiger partial charge < -0.3 is 5.32 Å². The van der Waals surface area contributed by atoms with Crippen molar-refractivity contribution in [1.29, 1.82) is 0 Å². The third kappa shape index (κ3) is 1.45. The molecule has 1 saturated heterocycles. The van der Waals surface area contributed by atoms with Crippen LogP contribution >= 0.6 is 0 Å². The summed E-state index contributed by atoms with van der Waals surface area (Å²) in [6, 6.07) is 0.921. The summed E-state index contributed by atoms with van der Waals surface area (Å²) in [6.07, 6.45) is 4.42. The predicted octanol–water partition coefficient (Wildman–Crippen LogP) is 1.78. The molecule has 2 fully saturated rings. The normalized spacial score (nSPS) is 38.0. The van der Waals surface area contributed by atoms with E-state index in [0.717, 1.165) is 12.0 Å². The van der Waals surface area contributed by atoms with Crippen LogP contribution in [-0.4, -0.2) is 12.6 Å². The average Bonchev–Trinajstić information content (AvgIpc) is 2.53. The van der Waals surface area contributed by atoms with Gasteiger partial charge in [0.1, 0.15) is 0 Å². The maximum atomic E-state index is 3.46. The Balaban J connectivity index is 0.000000186. The van der Waals surface area contributed by atoms with Gasteiger partial charge in [0.15, 0.2) is 0 Å². The minimum atomic E-state index is 0.921. The molecule has 1 heterocycles. The van der Waals surface area contributed by atoms with Gasteiger partial charge in [0.05, 0.1) is 0 Å². The smallest absolute Gasteiger partial charge is 0.00704 e. The van der Waals surface area contributed by atoms with Gasteiger partial charge in [0.25, 0.3) is 0 Å². The Bertz CT molecular complexity index is 62.6. The highest BCUT2D eigenvalue weighted by atomic mass is 15.0. The summed E-state index contributed by atoms with van der Waals surface area (Å²) in [6.45, 7) is 5.31. The van der Waals surface area contributed by atoms with Crippen molar-refractivity contribution in [2.24, 2.45) is 5.92 Å². The topological polar surface area (TPSA) is 12.0 Å². The second kappa shape index (κ2) is 3.21. The fourth-order valence-corrected chi connectivity index (χ4v) is 1.78. The van der Waals surface area contributed by atoms with Crippen molar-refractivity contribution < 1.29 is 0 Å². The lowest BCUT2D eigenvalue weighted by Crippen LogP contribution is -2.23. The molecule has 1 aliphatic carbocycles. The average molecular weight is 127 g/mol. The van der Waals surface area contributed by atoms with Gasteiger partial charge in [-0.25, -0.2) is 0 Å². The minimum absolute atomic E-state index is 0.921. The van der Waals surface area contributed by atoms with Crippen LogP contribution in [0.25, 0.3) is 0 Å². The highest BCUT2D eigenvalue weighted by molar-refractivity contribution is 4.88. The molecular weight excluding hydrogens is 110 g/mol. The lowest BCUT2D eigenvalue weighted by atomic mass is 10.1. The highest BCUT2D eigenvalue weighted by Crippen LogP contribution is 2.29. The van der Waals surface area contributed by atoms with Crippen LogP contribution in [0.2, 0.25) is 0 Å². The largest absolute Gasteiger partial charge is 0.314 e. The first-order chi connectivity index (χ1) is 4.45. The van der Waals surface area contributed by atoms with Crippen molar-refractivity contribution in [2.45, 2.75) is 39.2 Å². The molecule has 54 valence electrons. The van der Waals surface area contributed by atoms with E-state index in [1.807, 2.05) is 13.8 Å². The zero-order chi connectivity index (χ0) is 6.69. The summed E-state index contributed by atoms with van der Waals surface area (Å²) < 4.78 is 0. The van der Waals surface area contributed by atoms with E-state index >= 15 is 0 Å². The molecule has 2 rings (SSSR count). The third-order valence-electron chi connectivity index (χ3n) is 2.24. The Morgan fingerprint density at radius 2 is 2.00 bits per heavy atom. The molecule has 0 amide bonds. The van der Waals surface area contributed by atoms with Crippen LogP contribution in [0.4, 0.5) is 0 Å². The van der Waals surface area contributed by atoms with Crippen molar-refractivity contribution >= 4 is 0 Å². The van der Waals surface area contributed by atoms with Crippen LogP contribution < -0.4 is 5.32 Å². The molecule has 1 nitrogen and oxygen atoms in total. The van der Waals surface area contributed by atoms with Gasteiger partial charge in [-0.05, 0) is 31.7 Å². The van der Waals surface area contributed by atoms with E-state index < -0.39 is 0 Å². The van der Waals surface area contributed by atoms with E-state index in [0.29, 0.717) is 0 Å². The van der Waals surface area contributed by atoms with Crippen molar-refractivity contribution in [2.75, 3.05) is 6.54 Å². The minimum Gasteiger partial charge on any atom is -0.314 e. The lowest BCUT2D eigenvalue weighted by molar-refractivity contribution is 0.504. The second-order valence-electron chi connectivity index (χ2n) is 2.78. The van der Waals surface area contributed by atoms with Gasteiger partial charge in [-0.1, -0.05) is 13.8 Å². The van der Waals surface area contributed by atoms with Gasteiger partial charge >= 0.3 is 0 Å². The summed E-state index contributed by atoms with van der Waals surface area (Å²) in [5.41, 5.74) is 0. The maximum Gasteiger partial charge on any atom is 0.00704 e. The van der Waals surface area contributed by atoms with Gasteiger partial charge in [0, 0.05) is 6.04 Å². The zero-order valence-electron chi connectivity index (χ0n) is 6.48. The molecule has 2 unspecified atom stereocenters. The van der Waals surface area contributed by atoms with E-state index in [4.69, 9.17) is 0 Å². The van der Waals surface area contributed by atoms with Crippen LogP contribution in [0.3, 0.4) is 0 Å². The SMILES string of the molecule is C1CC2CC1CN2.CC. The summed E-state index contributed by atoms with van der Waals surface area (Å²) >= 11 is 0. The molecule has 0 aromatic heterocycles. The van der Waals surface area contributed by atoms with Crippen molar-refractivity contribution in [3.8, 4) is 0 Å². The van der Waals surface area contributed by atoms with Crippen molar-refractivity contribution in [1.82, 2.24) is 5.32 Å². The molecule has 0 aromatic rings. The summed E-state index contributed by atoms with van der Waals surface area (Å²) in [5.74, 6) is 1.06. The van der Waals surface area contributed by atoms with Gasteiger partial charge in [-0.3, -0.25) is 0 Å². The molecule has 1 saturated carbocycles. The molecular formula is C8H17N. The number of rotatable bonds is 0. The number of nitrogens with one attached hydrogen (secondary N) is 1. The fraction of sp³-hybridized carbons (Fsp3) is 1.00. The van der Waals surface area contributed by atoms with Crippen LogP contribution in [0.5, 0.6) is 0 Å². The van der Waals surface area contributed by atoms with E-state index in [9.17, 15) is 0 Å². The van der Waals surface area contributed by atoms with Crippen LogP contribution in [0, 0.1) is 5.92 Å². The molecule has 0 spiro atoms. The Kier molecular flexibility index (Phi) is 2.52. The Hall–Kier alpha value is -0.0400. The Labute approximate surface area is 57.8 Å². The Morgan fingerprint density at radius 3 is 2.11 bits per heavy atom. The molecule has 9 heavy (non-hydrogen) atoms. The molecule has 1 N–H and O–H groups in total. The van der Waals surface area contributed by atoms with Crippen LogP contribution in [0.1, 0.15) is 33.1 Å². The monoisotopic (exact) mass is 127 g/mol. The predicted molar refractivity (Wildman–Crippen MR) is 40.5 cm³/mol. The zero-order valence-corrected chi connectivity index (χ0v) is 6.48. The van der Waals surface area contributed by atoms with E-state index in [1.165, 1.54) is 25.8 Å². The molecule has 2 atom stereocenters. The molecule has 0 radical (unpaired) electrons. The maximum absolute atomic E-state index is 3.46. The Morgan fingerprint density at radius 1 is 1.22 bits per heavy atom. The van der Waals surface area contributed by atoms with Crippen molar-refractivity contribution in [3.05, 3.63) is 0 Å². The van der Waals surface area contributed by atoms with Gasteiger partial charge in [-0.2, -0.15) is 0 Å². The first-order valence-corrected chi connectivity index (χ1v) is 4.18. The van der Waals surface area contributed by atoms with E-state index in [2.05, 4.69) is 5.32 Å². The fourth-order valence-electron chi connectivity index (χ4n) is 1.78. The number of fused-ring (bicyclic) bond motifs is 2. The summed E-state index contributed by atoms with van der Waals surface area (Å²) in [4.78, 5) is 0. The first-order valence-electron chi connectivity index (χ1n) is 4.18. The lowest BCUT2D eigenvalue weighted by Gasteiger charge is -2.08. The van der Waals surface area contributed by atoms with Gasteiger partial charge in [-0.15, -0.1) is 0 Å². The second-order valence-corrected chi connectivity index (χ2v) is 2.78. The number of piperidine rings is 1. The summed E-state index contributed by atoms with van der Waals surface area (Å²) in [5, 5.41) is 3.46. The molecule has 0 aromatic carbocycles. The third-order valence-corrected chi connectivity index (χ3v) is 2.24. The number of hydrogen-bond donors (Lipinski definition) is 1. The van der Waals surface area contributed by atoms with Crippen molar-refractivity contribution in [3.63, 3.8) is 0 Å². The molecule has 2 bridgehead atoms. The van der Waals surface area contributed by atoms with E-state index in [-0.39, 0.29) is 0 Å². The summed E-state index contributed by atoms with van der Waals surface area (Å²) in [7, 11) is 0. The van der Waals surface area contributed by atoms with E-state index in [1.54, 1.807) is 0 Å². The highest BCUT2D eigenvalue weighted by Gasteiger charge is 2.30. The first kappa shape index (κ1) is 7.07. The molecule has 1 heteroatoms. The standard InChI is InChI=1S/C6H11N.C2H6/c1-2-6-3-5(1)4-7-6;1-2/h5-7H,1-4H2;1-2H3.